The van der Waals surface area contributed by atoms with E-state index in [1.807, 2.05) is 0 Å². The number of nitrogens with one attached hydrogen (secondary N) is 1. The van der Waals surface area contributed by atoms with Gasteiger partial charge in [-0.05, 0) is 38.8 Å². The van der Waals surface area contributed by atoms with Crippen LogP contribution >= 0.6 is 0 Å². The average Bonchev–Trinajstić information content (AvgIpc) is 2.39. The van der Waals surface area contributed by atoms with Crippen molar-refractivity contribution in [3.05, 3.63) is 0 Å². The monoisotopic (exact) mass is 252 g/mol. The predicted octanol–water partition coefficient (Wildman–Crippen LogP) is 0.466. The summed E-state index contributed by atoms with van der Waals surface area (Å²) in [6.07, 6.45) is 3.77. The molecule has 0 spiro atoms. The van der Waals surface area contributed by atoms with Crippen LogP contribution in [0.15, 0.2) is 0 Å². The van der Waals surface area contributed by atoms with E-state index in [1.165, 1.54) is 0 Å². The molecule has 1 heterocycles. The van der Waals surface area contributed by atoms with Gasteiger partial charge < -0.3 is 16.0 Å². The standard InChI is InChI=1S/C13H24N4O/c1-2-6-16-12(9-14)5-8-17-7-3-4-11(10-17)13(15)18/h11-12,16H,2-8,10H2,1H3,(H2,15,18). The van der Waals surface area contributed by atoms with E-state index in [-0.39, 0.29) is 17.9 Å². The van der Waals surface area contributed by atoms with Gasteiger partial charge in [0.15, 0.2) is 0 Å². The lowest BCUT2D eigenvalue weighted by Crippen LogP contribution is -2.43. The first-order chi connectivity index (χ1) is 8.67. The third-order valence-corrected chi connectivity index (χ3v) is 3.44. The van der Waals surface area contributed by atoms with Crippen molar-refractivity contribution < 1.29 is 4.79 Å². The molecule has 5 nitrogen and oxygen atoms in total. The molecule has 2 atom stereocenters. The summed E-state index contributed by atoms with van der Waals surface area (Å²) in [6, 6.07) is 2.20. The van der Waals surface area contributed by atoms with Crippen molar-refractivity contribution in [2.75, 3.05) is 26.2 Å². The van der Waals surface area contributed by atoms with Crippen LogP contribution < -0.4 is 11.1 Å². The number of amides is 1. The topological polar surface area (TPSA) is 82.2 Å². The second kappa shape index (κ2) is 8.06. The molecular weight excluding hydrogens is 228 g/mol. The molecule has 0 radical (unpaired) electrons. The molecule has 102 valence electrons. The molecule has 1 aliphatic heterocycles. The lowest BCUT2D eigenvalue weighted by atomic mass is 9.97. The Labute approximate surface area is 109 Å². The number of nitrogens with two attached hydrogens (primary N) is 1. The third kappa shape index (κ3) is 5.03. The smallest absolute Gasteiger partial charge is 0.221 e. The van der Waals surface area contributed by atoms with Crippen molar-refractivity contribution in [1.82, 2.24) is 10.2 Å². The van der Waals surface area contributed by atoms with Crippen LogP contribution in [-0.4, -0.2) is 43.0 Å². The molecule has 1 rings (SSSR count). The quantitative estimate of drug-likeness (QED) is 0.690. The largest absolute Gasteiger partial charge is 0.369 e. The van der Waals surface area contributed by atoms with Crippen molar-refractivity contribution in [1.29, 1.82) is 5.26 Å². The molecule has 2 unspecified atom stereocenters. The highest BCUT2D eigenvalue weighted by Crippen LogP contribution is 2.16. The Bertz CT molecular complexity index is 300. The number of piperidine rings is 1. The van der Waals surface area contributed by atoms with Gasteiger partial charge in [0.1, 0.15) is 0 Å². The van der Waals surface area contributed by atoms with Crippen LogP contribution in [-0.2, 0) is 4.79 Å². The number of hydrogen-bond donors (Lipinski definition) is 2. The number of carbonyl (C=O) groups is 1. The predicted molar refractivity (Wildman–Crippen MR) is 70.7 cm³/mol. The highest BCUT2D eigenvalue weighted by molar-refractivity contribution is 5.76. The molecule has 0 saturated carbocycles. The van der Waals surface area contributed by atoms with Crippen molar-refractivity contribution in [3.63, 3.8) is 0 Å². The lowest BCUT2D eigenvalue weighted by molar-refractivity contribution is -0.123. The molecule has 0 aliphatic carbocycles. The van der Waals surface area contributed by atoms with Gasteiger partial charge in [-0.25, -0.2) is 0 Å². The molecule has 0 aromatic heterocycles. The Morgan fingerprint density at radius 3 is 3.06 bits per heavy atom. The summed E-state index contributed by atoms with van der Waals surface area (Å²) in [6.45, 7) is 5.58. The SMILES string of the molecule is CCCNC(C#N)CCN1CCCC(C(N)=O)C1. The molecule has 0 aromatic carbocycles. The lowest BCUT2D eigenvalue weighted by Gasteiger charge is -2.31. The molecule has 3 N–H and O–H groups in total. The summed E-state index contributed by atoms with van der Waals surface area (Å²) in [5, 5.41) is 12.2. The van der Waals surface area contributed by atoms with Gasteiger partial charge in [0.2, 0.25) is 5.91 Å². The highest BCUT2D eigenvalue weighted by atomic mass is 16.1. The molecular formula is C13H24N4O. The maximum Gasteiger partial charge on any atom is 0.221 e. The highest BCUT2D eigenvalue weighted by Gasteiger charge is 2.24. The number of nitrogens with zero attached hydrogens (tertiary/aromatic N) is 2. The number of primary amides is 1. The van der Waals surface area contributed by atoms with E-state index >= 15 is 0 Å². The van der Waals surface area contributed by atoms with E-state index in [2.05, 4.69) is 23.2 Å². The maximum absolute atomic E-state index is 11.2. The summed E-state index contributed by atoms with van der Waals surface area (Å²) in [5.41, 5.74) is 5.35. The Kier molecular flexibility index (Phi) is 6.69. The van der Waals surface area contributed by atoms with E-state index < -0.39 is 0 Å². The van der Waals surface area contributed by atoms with E-state index in [4.69, 9.17) is 11.0 Å². The second-order valence-electron chi connectivity index (χ2n) is 4.97. The van der Waals surface area contributed by atoms with E-state index in [0.29, 0.717) is 0 Å². The van der Waals surface area contributed by atoms with Crippen molar-refractivity contribution in [3.8, 4) is 6.07 Å². The average molecular weight is 252 g/mol. The number of carbonyl (C=O) groups excluding carboxylic acids is 1. The van der Waals surface area contributed by atoms with Gasteiger partial charge in [-0.2, -0.15) is 5.26 Å². The Hall–Kier alpha value is -1.12. The first kappa shape index (κ1) is 14.9. The maximum atomic E-state index is 11.2. The summed E-state index contributed by atoms with van der Waals surface area (Å²) in [7, 11) is 0. The third-order valence-electron chi connectivity index (χ3n) is 3.44. The van der Waals surface area contributed by atoms with E-state index in [1.54, 1.807) is 0 Å². The van der Waals surface area contributed by atoms with Gasteiger partial charge in [-0.15, -0.1) is 0 Å². The fraction of sp³-hybridized carbons (Fsp3) is 0.846. The molecule has 1 saturated heterocycles. The van der Waals surface area contributed by atoms with Crippen molar-refractivity contribution >= 4 is 5.91 Å². The van der Waals surface area contributed by atoms with Crippen molar-refractivity contribution in [2.24, 2.45) is 11.7 Å². The summed E-state index contributed by atoms with van der Waals surface area (Å²) >= 11 is 0. The summed E-state index contributed by atoms with van der Waals surface area (Å²) in [4.78, 5) is 13.4. The number of likely N-dealkylation sites (tertiary alicyclic amines) is 1. The van der Waals surface area contributed by atoms with Gasteiger partial charge in [-0.3, -0.25) is 4.79 Å². The zero-order valence-electron chi connectivity index (χ0n) is 11.2. The zero-order valence-corrected chi connectivity index (χ0v) is 11.2. The second-order valence-corrected chi connectivity index (χ2v) is 4.97. The van der Waals surface area contributed by atoms with Gasteiger partial charge in [0.05, 0.1) is 18.0 Å². The Morgan fingerprint density at radius 1 is 1.67 bits per heavy atom. The minimum Gasteiger partial charge on any atom is -0.369 e. The minimum atomic E-state index is -0.194. The fourth-order valence-electron chi connectivity index (χ4n) is 2.33. The summed E-state index contributed by atoms with van der Waals surface area (Å²) < 4.78 is 0. The molecule has 1 aliphatic rings. The first-order valence-corrected chi connectivity index (χ1v) is 6.82. The first-order valence-electron chi connectivity index (χ1n) is 6.82. The zero-order chi connectivity index (χ0) is 13.4. The van der Waals surface area contributed by atoms with Gasteiger partial charge in [-0.1, -0.05) is 6.92 Å². The molecule has 0 aromatic rings. The van der Waals surface area contributed by atoms with Crippen LogP contribution in [0.3, 0.4) is 0 Å². The summed E-state index contributed by atoms with van der Waals surface area (Å²) in [5.74, 6) is -0.205. The van der Waals surface area contributed by atoms with Crippen LogP contribution in [0.4, 0.5) is 0 Å². The Balaban J connectivity index is 2.29. The van der Waals surface area contributed by atoms with Gasteiger partial charge >= 0.3 is 0 Å². The van der Waals surface area contributed by atoms with Crippen LogP contribution in [0, 0.1) is 17.2 Å². The molecule has 0 bridgehead atoms. The fourth-order valence-corrected chi connectivity index (χ4v) is 2.33. The van der Waals surface area contributed by atoms with E-state index in [0.717, 1.165) is 51.9 Å². The minimum absolute atomic E-state index is 0.0112. The molecule has 5 heteroatoms. The van der Waals surface area contributed by atoms with Gasteiger partial charge in [0, 0.05) is 13.1 Å². The normalized spacial score (nSPS) is 22.3. The number of rotatable bonds is 7. The molecule has 1 amide bonds. The van der Waals surface area contributed by atoms with Crippen LogP contribution in [0.5, 0.6) is 0 Å². The van der Waals surface area contributed by atoms with Crippen LogP contribution in [0.25, 0.3) is 0 Å². The molecule has 1 fully saturated rings. The van der Waals surface area contributed by atoms with Crippen molar-refractivity contribution in [2.45, 2.75) is 38.6 Å². The van der Waals surface area contributed by atoms with Gasteiger partial charge in [0.25, 0.3) is 0 Å². The molecule has 18 heavy (non-hydrogen) atoms. The number of nitriles is 1. The van der Waals surface area contributed by atoms with Crippen LogP contribution in [0.1, 0.15) is 32.6 Å². The van der Waals surface area contributed by atoms with Crippen LogP contribution in [0.2, 0.25) is 0 Å². The van der Waals surface area contributed by atoms with E-state index in [9.17, 15) is 4.79 Å². The number of hydrogen-bond acceptors (Lipinski definition) is 4. The Morgan fingerprint density at radius 2 is 2.44 bits per heavy atom.